The second kappa shape index (κ2) is 7.99. The van der Waals surface area contributed by atoms with Gasteiger partial charge < -0.3 is 10.6 Å². The Labute approximate surface area is 159 Å². The summed E-state index contributed by atoms with van der Waals surface area (Å²) in [6.07, 6.45) is 3.04. The first kappa shape index (κ1) is 18.6. The summed E-state index contributed by atoms with van der Waals surface area (Å²) in [7, 11) is 0. The molecule has 1 amide bonds. The van der Waals surface area contributed by atoms with Crippen molar-refractivity contribution in [2.75, 3.05) is 10.6 Å². The number of nitrogens with zero attached hydrogens (tertiary/aromatic N) is 2. The molecule has 2 N–H and O–H groups in total. The molecule has 27 heavy (non-hydrogen) atoms. The molecule has 2 aromatic carbocycles. The van der Waals surface area contributed by atoms with Gasteiger partial charge in [0.2, 0.25) is 0 Å². The fourth-order valence-electron chi connectivity index (χ4n) is 2.75. The predicted octanol–water partition coefficient (Wildman–Crippen LogP) is 5.21. The number of hydrogen-bond acceptors (Lipinski definition) is 4. The molecule has 0 saturated carbocycles. The average molecular weight is 360 g/mol. The number of aromatic nitrogens is 2. The van der Waals surface area contributed by atoms with Crippen LogP contribution in [0.25, 0.3) is 0 Å². The van der Waals surface area contributed by atoms with E-state index < -0.39 is 0 Å². The summed E-state index contributed by atoms with van der Waals surface area (Å²) in [6.45, 7) is 8.36. The SMILES string of the molecule is Cc1ccc(Nc2cnc(C(=O)Nc3ccc(C(C)C)cc3)cn2)c(C)c1. The van der Waals surface area contributed by atoms with Crippen molar-refractivity contribution in [3.63, 3.8) is 0 Å². The third kappa shape index (κ3) is 4.70. The maximum Gasteiger partial charge on any atom is 0.275 e. The quantitative estimate of drug-likeness (QED) is 0.655. The highest BCUT2D eigenvalue weighted by Crippen LogP contribution is 2.20. The lowest BCUT2D eigenvalue weighted by atomic mass is 10.0. The lowest BCUT2D eigenvalue weighted by Gasteiger charge is -2.10. The summed E-state index contributed by atoms with van der Waals surface area (Å²) in [5, 5.41) is 6.07. The molecule has 0 unspecified atom stereocenters. The van der Waals surface area contributed by atoms with E-state index in [1.807, 2.05) is 43.3 Å². The molecule has 5 nitrogen and oxygen atoms in total. The molecule has 0 atom stereocenters. The molecular weight excluding hydrogens is 336 g/mol. The second-order valence-electron chi connectivity index (χ2n) is 6.96. The molecule has 0 aliphatic carbocycles. The van der Waals surface area contributed by atoms with Crippen LogP contribution in [0.3, 0.4) is 0 Å². The zero-order chi connectivity index (χ0) is 19.4. The minimum absolute atomic E-state index is 0.272. The molecule has 3 rings (SSSR count). The molecule has 0 fully saturated rings. The van der Waals surface area contributed by atoms with Gasteiger partial charge >= 0.3 is 0 Å². The third-order valence-corrected chi connectivity index (χ3v) is 4.36. The Morgan fingerprint density at radius 2 is 1.70 bits per heavy atom. The average Bonchev–Trinajstić information content (AvgIpc) is 2.65. The summed E-state index contributed by atoms with van der Waals surface area (Å²) >= 11 is 0. The van der Waals surface area contributed by atoms with Crippen molar-refractivity contribution >= 4 is 23.1 Å². The fraction of sp³-hybridized carbons (Fsp3) is 0.227. The van der Waals surface area contributed by atoms with Crippen molar-refractivity contribution in [3.8, 4) is 0 Å². The van der Waals surface area contributed by atoms with E-state index in [4.69, 9.17) is 0 Å². The highest BCUT2D eigenvalue weighted by molar-refractivity contribution is 6.02. The second-order valence-corrected chi connectivity index (χ2v) is 6.96. The molecule has 0 aliphatic heterocycles. The molecule has 1 heterocycles. The highest BCUT2D eigenvalue weighted by atomic mass is 16.1. The summed E-state index contributed by atoms with van der Waals surface area (Å²) < 4.78 is 0. The number of amides is 1. The van der Waals surface area contributed by atoms with Gasteiger partial charge in [-0.15, -0.1) is 0 Å². The molecule has 1 aromatic heterocycles. The first-order valence-corrected chi connectivity index (χ1v) is 9.00. The van der Waals surface area contributed by atoms with E-state index in [9.17, 15) is 4.79 Å². The maximum atomic E-state index is 12.4. The number of benzene rings is 2. The van der Waals surface area contributed by atoms with Crippen LogP contribution in [0.15, 0.2) is 54.9 Å². The first-order chi connectivity index (χ1) is 12.9. The van der Waals surface area contributed by atoms with Crippen LogP contribution >= 0.6 is 0 Å². The van der Waals surface area contributed by atoms with E-state index in [2.05, 4.69) is 47.4 Å². The van der Waals surface area contributed by atoms with Gasteiger partial charge in [-0.2, -0.15) is 0 Å². The van der Waals surface area contributed by atoms with E-state index in [1.54, 1.807) is 6.20 Å². The van der Waals surface area contributed by atoms with Crippen molar-refractivity contribution in [2.45, 2.75) is 33.6 Å². The van der Waals surface area contributed by atoms with Crippen LogP contribution in [0.5, 0.6) is 0 Å². The third-order valence-electron chi connectivity index (χ3n) is 4.36. The van der Waals surface area contributed by atoms with Gasteiger partial charge in [0.05, 0.1) is 12.4 Å². The molecule has 0 radical (unpaired) electrons. The number of hydrogen-bond donors (Lipinski definition) is 2. The van der Waals surface area contributed by atoms with E-state index in [0.717, 1.165) is 16.9 Å². The highest BCUT2D eigenvalue weighted by Gasteiger charge is 2.09. The van der Waals surface area contributed by atoms with Crippen LogP contribution < -0.4 is 10.6 Å². The van der Waals surface area contributed by atoms with Crippen LogP contribution in [0.4, 0.5) is 17.2 Å². The van der Waals surface area contributed by atoms with Crippen molar-refractivity contribution < 1.29 is 4.79 Å². The number of rotatable bonds is 5. The zero-order valence-electron chi connectivity index (χ0n) is 16.1. The molecule has 3 aromatic rings. The number of carbonyl (C=O) groups is 1. The smallest absolute Gasteiger partial charge is 0.275 e. The minimum atomic E-state index is -0.280. The van der Waals surface area contributed by atoms with Gasteiger partial charge in [0, 0.05) is 11.4 Å². The largest absolute Gasteiger partial charge is 0.339 e. The normalized spacial score (nSPS) is 10.7. The molecule has 0 aliphatic rings. The Hall–Kier alpha value is -3.21. The van der Waals surface area contributed by atoms with Crippen molar-refractivity contribution in [1.82, 2.24) is 9.97 Å². The van der Waals surface area contributed by atoms with Gasteiger partial charge in [0.1, 0.15) is 11.5 Å². The summed E-state index contributed by atoms with van der Waals surface area (Å²) in [4.78, 5) is 20.9. The molecule has 5 heteroatoms. The van der Waals surface area contributed by atoms with Crippen LogP contribution in [-0.4, -0.2) is 15.9 Å². The molecule has 0 bridgehead atoms. The number of carbonyl (C=O) groups excluding carboxylic acids is 1. The molecular formula is C22H24N4O. The van der Waals surface area contributed by atoms with Crippen LogP contribution in [0.2, 0.25) is 0 Å². The lowest BCUT2D eigenvalue weighted by Crippen LogP contribution is -2.14. The summed E-state index contributed by atoms with van der Waals surface area (Å²) in [5.41, 5.74) is 5.55. The Balaban J connectivity index is 1.66. The van der Waals surface area contributed by atoms with Gasteiger partial charge in [-0.05, 0) is 49.1 Å². The fourth-order valence-corrected chi connectivity index (χ4v) is 2.75. The van der Waals surface area contributed by atoms with Gasteiger partial charge in [-0.1, -0.05) is 43.7 Å². The summed E-state index contributed by atoms with van der Waals surface area (Å²) in [6, 6.07) is 14.0. The van der Waals surface area contributed by atoms with Crippen LogP contribution in [-0.2, 0) is 0 Å². The Bertz CT molecular complexity index is 932. The van der Waals surface area contributed by atoms with E-state index >= 15 is 0 Å². The molecule has 138 valence electrons. The summed E-state index contributed by atoms with van der Waals surface area (Å²) in [5.74, 6) is 0.774. The van der Waals surface area contributed by atoms with Gasteiger partial charge in [0.15, 0.2) is 0 Å². The van der Waals surface area contributed by atoms with Crippen LogP contribution in [0, 0.1) is 13.8 Å². The zero-order valence-corrected chi connectivity index (χ0v) is 16.1. The van der Waals surface area contributed by atoms with Crippen molar-refractivity contribution in [1.29, 1.82) is 0 Å². The number of aryl methyl sites for hydroxylation is 2. The Morgan fingerprint density at radius 3 is 2.30 bits per heavy atom. The predicted molar refractivity (Wildman–Crippen MR) is 110 cm³/mol. The standard InChI is InChI=1S/C22H24N4O/c1-14(2)17-6-8-18(9-7-17)25-22(27)20-12-24-21(13-23-20)26-19-10-5-15(3)11-16(19)4/h5-14H,1-4H3,(H,24,26)(H,25,27). The monoisotopic (exact) mass is 360 g/mol. The van der Waals surface area contributed by atoms with Crippen molar-refractivity contribution in [2.24, 2.45) is 0 Å². The Morgan fingerprint density at radius 1 is 0.963 bits per heavy atom. The van der Waals surface area contributed by atoms with E-state index in [-0.39, 0.29) is 11.6 Å². The maximum absolute atomic E-state index is 12.4. The molecule has 0 saturated heterocycles. The van der Waals surface area contributed by atoms with Crippen LogP contribution in [0.1, 0.15) is 46.9 Å². The van der Waals surface area contributed by atoms with E-state index in [1.165, 1.54) is 17.3 Å². The van der Waals surface area contributed by atoms with Gasteiger partial charge in [0.25, 0.3) is 5.91 Å². The van der Waals surface area contributed by atoms with Gasteiger partial charge in [-0.25, -0.2) is 9.97 Å². The number of anilines is 3. The lowest BCUT2D eigenvalue weighted by molar-refractivity contribution is 0.102. The number of nitrogens with one attached hydrogen (secondary N) is 2. The first-order valence-electron chi connectivity index (χ1n) is 9.00. The minimum Gasteiger partial charge on any atom is -0.339 e. The Kier molecular flexibility index (Phi) is 5.50. The van der Waals surface area contributed by atoms with Crippen molar-refractivity contribution in [3.05, 3.63) is 77.2 Å². The molecule has 0 spiro atoms. The van der Waals surface area contributed by atoms with Gasteiger partial charge in [-0.3, -0.25) is 4.79 Å². The topological polar surface area (TPSA) is 66.9 Å². The van der Waals surface area contributed by atoms with E-state index in [0.29, 0.717) is 11.7 Å².